The smallest absolute Gasteiger partial charge is 0.274 e. The fourth-order valence-corrected chi connectivity index (χ4v) is 1.31. The van der Waals surface area contributed by atoms with Crippen molar-refractivity contribution in [3.8, 4) is 0 Å². The summed E-state index contributed by atoms with van der Waals surface area (Å²) in [4.78, 5) is 15.4. The lowest BCUT2D eigenvalue weighted by molar-refractivity contribution is 0.102. The maximum atomic E-state index is 11.5. The Bertz CT molecular complexity index is 414. The summed E-state index contributed by atoms with van der Waals surface area (Å²) in [6.45, 7) is 0. The summed E-state index contributed by atoms with van der Waals surface area (Å²) in [7, 11) is 0. The third-order valence-corrected chi connectivity index (χ3v) is 2.08. The Kier molecular flexibility index (Phi) is 2.46. The van der Waals surface area contributed by atoms with Crippen molar-refractivity contribution in [1.29, 1.82) is 0 Å². The zero-order valence-electron chi connectivity index (χ0n) is 7.04. The molecular formula is C8H6N4OS. The number of hydrogen-bond acceptors (Lipinski definition) is 5. The molecule has 0 aliphatic carbocycles. The summed E-state index contributed by atoms with van der Waals surface area (Å²) in [5.74, 6) is -0.253. The summed E-state index contributed by atoms with van der Waals surface area (Å²) < 4.78 is 3.63. The number of nitrogens with zero attached hydrogens (tertiary/aromatic N) is 3. The molecule has 2 aromatic heterocycles. The van der Waals surface area contributed by atoms with Gasteiger partial charge in [-0.2, -0.15) is 0 Å². The van der Waals surface area contributed by atoms with Gasteiger partial charge in [0.15, 0.2) is 0 Å². The third-order valence-electron chi connectivity index (χ3n) is 1.50. The second-order valence-corrected chi connectivity index (χ2v) is 3.24. The van der Waals surface area contributed by atoms with E-state index in [1.54, 1.807) is 24.4 Å². The summed E-state index contributed by atoms with van der Waals surface area (Å²) in [6.07, 6.45) is 3.06. The van der Waals surface area contributed by atoms with Gasteiger partial charge in [-0.1, -0.05) is 10.6 Å². The van der Waals surface area contributed by atoms with Crippen molar-refractivity contribution in [2.75, 3.05) is 5.32 Å². The Morgan fingerprint density at radius 1 is 1.43 bits per heavy atom. The van der Waals surface area contributed by atoms with E-state index < -0.39 is 0 Å². The molecule has 0 radical (unpaired) electrons. The summed E-state index contributed by atoms with van der Waals surface area (Å²) >= 11 is 1.13. The molecule has 14 heavy (non-hydrogen) atoms. The van der Waals surface area contributed by atoms with Crippen LogP contribution in [-0.4, -0.2) is 20.5 Å². The molecule has 1 N–H and O–H groups in total. The van der Waals surface area contributed by atoms with Crippen LogP contribution in [0, 0.1) is 0 Å². The first-order valence-corrected chi connectivity index (χ1v) is 4.63. The number of amides is 1. The van der Waals surface area contributed by atoms with Crippen molar-refractivity contribution in [3.05, 3.63) is 36.3 Å². The lowest BCUT2D eigenvalue weighted by Crippen LogP contribution is -2.12. The quantitative estimate of drug-likeness (QED) is 0.801. The number of carbonyl (C=O) groups is 1. The summed E-state index contributed by atoms with van der Waals surface area (Å²) in [5.41, 5.74) is 0.376. The standard InChI is InChI=1S/C8H6N4OS/c13-8(6-3-1-2-4-9-6)11-7-5-10-12-14-7/h1-5H,(H,11,13). The van der Waals surface area contributed by atoms with Gasteiger partial charge in [-0.05, 0) is 12.1 Å². The van der Waals surface area contributed by atoms with Gasteiger partial charge in [-0.3, -0.25) is 9.78 Å². The van der Waals surface area contributed by atoms with E-state index in [0.29, 0.717) is 10.7 Å². The number of anilines is 1. The van der Waals surface area contributed by atoms with Crippen molar-refractivity contribution in [2.24, 2.45) is 0 Å². The van der Waals surface area contributed by atoms with Gasteiger partial charge in [0.25, 0.3) is 5.91 Å². The molecular weight excluding hydrogens is 200 g/mol. The molecule has 0 aromatic carbocycles. The van der Waals surface area contributed by atoms with E-state index in [9.17, 15) is 4.79 Å². The van der Waals surface area contributed by atoms with Gasteiger partial charge >= 0.3 is 0 Å². The minimum Gasteiger partial charge on any atom is -0.310 e. The second kappa shape index (κ2) is 3.93. The molecule has 0 aliphatic rings. The third kappa shape index (κ3) is 1.91. The highest BCUT2D eigenvalue weighted by atomic mass is 32.1. The fourth-order valence-electron chi connectivity index (χ4n) is 0.895. The molecule has 70 valence electrons. The summed E-state index contributed by atoms with van der Waals surface area (Å²) in [5, 5.41) is 6.84. The molecule has 0 aliphatic heterocycles. The van der Waals surface area contributed by atoms with Crippen molar-refractivity contribution >= 4 is 22.4 Å². The van der Waals surface area contributed by atoms with Crippen molar-refractivity contribution in [1.82, 2.24) is 14.6 Å². The minimum atomic E-state index is -0.253. The van der Waals surface area contributed by atoms with Crippen LogP contribution in [0.15, 0.2) is 30.6 Å². The second-order valence-electron chi connectivity index (χ2n) is 2.45. The van der Waals surface area contributed by atoms with Crippen LogP contribution >= 0.6 is 11.5 Å². The average Bonchev–Trinajstić information content (AvgIpc) is 2.72. The molecule has 6 heteroatoms. The van der Waals surface area contributed by atoms with Crippen LogP contribution in [0.4, 0.5) is 5.00 Å². The van der Waals surface area contributed by atoms with Crippen LogP contribution in [-0.2, 0) is 0 Å². The monoisotopic (exact) mass is 206 g/mol. The van der Waals surface area contributed by atoms with E-state index in [1.165, 1.54) is 6.20 Å². The van der Waals surface area contributed by atoms with E-state index in [0.717, 1.165) is 11.5 Å². The SMILES string of the molecule is O=C(Nc1cnns1)c1ccccn1. The number of rotatable bonds is 2. The Balaban J connectivity index is 2.11. The molecule has 5 nitrogen and oxygen atoms in total. The van der Waals surface area contributed by atoms with Crippen LogP contribution in [0.1, 0.15) is 10.5 Å². The lowest BCUT2D eigenvalue weighted by atomic mass is 10.3. The average molecular weight is 206 g/mol. The highest BCUT2D eigenvalue weighted by Gasteiger charge is 2.07. The van der Waals surface area contributed by atoms with E-state index in [2.05, 4.69) is 19.9 Å². The van der Waals surface area contributed by atoms with E-state index in [1.807, 2.05) is 0 Å². The summed E-state index contributed by atoms with van der Waals surface area (Å²) in [6, 6.07) is 5.15. The van der Waals surface area contributed by atoms with Crippen LogP contribution in [0.3, 0.4) is 0 Å². The number of pyridine rings is 1. The minimum absolute atomic E-state index is 0.253. The Morgan fingerprint density at radius 3 is 3.00 bits per heavy atom. The molecule has 1 amide bonds. The van der Waals surface area contributed by atoms with E-state index in [4.69, 9.17) is 0 Å². The highest BCUT2D eigenvalue weighted by Crippen LogP contribution is 2.10. The molecule has 0 unspecified atom stereocenters. The van der Waals surface area contributed by atoms with Gasteiger partial charge in [-0.15, -0.1) is 5.10 Å². The van der Waals surface area contributed by atoms with Crippen molar-refractivity contribution in [3.63, 3.8) is 0 Å². The lowest BCUT2D eigenvalue weighted by Gasteiger charge is -1.98. The van der Waals surface area contributed by atoms with Crippen LogP contribution in [0.2, 0.25) is 0 Å². The van der Waals surface area contributed by atoms with Gasteiger partial charge in [0.1, 0.15) is 10.7 Å². The normalized spacial score (nSPS) is 9.71. The molecule has 2 aromatic rings. The van der Waals surface area contributed by atoms with Gasteiger partial charge in [0.2, 0.25) is 0 Å². The molecule has 0 atom stereocenters. The first kappa shape index (κ1) is 8.76. The van der Waals surface area contributed by atoms with Gasteiger partial charge in [0, 0.05) is 17.7 Å². The Hall–Kier alpha value is -1.82. The van der Waals surface area contributed by atoms with Gasteiger partial charge in [0.05, 0.1) is 6.20 Å². The molecule has 0 saturated heterocycles. The Labute approximate surface area is 84.0 Å². The maximum Gasteiger partial charge on any atom is 0.274 e. The number of aromatic nitrogens is 3. The maximum absolute atomic E-state index is 11.5. The van der Waals surface area contributed by atoms with Crippen molar-refractivity contribution < 1.29 is 4.79 Å². The van der Waals surface area contributed by atoms with Crippen LogP contribution < -0.4 is 5.32 Å². The largest absolute Gasteiger partial charge is 0.310 e. The Morgan fingerprint density at radius 2 is 2.36 bits per heavy atom. The molecule has 2 rings (SSSR count). The number of carbonyl (C=O) groups excluding carboxylic acids is 1. The molecule has 0 spiro atoms. The van der Waals surface area contributed by atoms with E-state index in [-0.39, 0.29) is 5.91 Å². The molecule has 2 heterocycles. The van der Waals surface area contributed by atoms with Gasteiger partial charge < -0.3 is 5.32 Å². The topological polar surface area (TPSA) is 67.8 Å². The van der Waals surface area contributed by atoms with Crippen LogP contribution in [0.5, 0.6) is 0 Å². The first-order chi connectivity index (χ1) is 6.86. The van der Waals surface area contributed by atoms with Crippen molar-refractivity contribution in [2.45, 2.75) is 0 Å². The van der Waals surface area contributed by atoms with Gasteiger partial charge in [-0.25, -0.2) is 0 Å². The molecule has 0 bridgehead atoms. The zero-order chi connectivity index (χ0) is 9.80. The zero-order valence-corrected chi connectivity index (χ0v) is 7.86. The predicted octanol–water partition coefficient (Wildman–Crippen LogP) is 1.19. The van der Waals surface area contributed by atoms with Crippen LogP contribution in [0.25, 0.3) is 0 Å². The number of nitrogens with one attached hydrogen (secondary N) is 1. The predicted molar refractivity (Wildman–Crippen MR) is 52.1 cm³/mol. The molecule has 0 fully saturated rings. The number of hydrogen-bond donors (Lipinski definition) is 1. The fraction of sp³-hybridized carbons (Fsp3) is 0. The van der Waals surface area contributed by atoms with E-state index >= 15 is 0 Å². The molecule has 0 saturated carbocycles. The first-order valence-electron chi connectivity index (χ1n) is 3.86. The highest BCUT2D eigenvalue weighted by molar-refractivity contribution is 7.10.